The molecule has 2 aromatic heterocycles. The number of hydrogen-bond acceptors (Lipinski definition) is 1. The van der Waals surface area contributed by atoms with Crippen molar-refractivity contribution in [3.63, 3.8) is 0 Å². The minimum absolute atomic E-state index is 0. The van der Waals surface area contributed by atoms with Crippen molar-refractivity contribution in [3.05, 3.63) is 54.6 Å². The molecule has 0 saturated heterocycles. The molecule has 2 heterocycles. The third kappa shape index (κ3) is 2.41. The zero-order valence-electron chi connectivity index (χ0n) is 13.2. The van der Waals surface area contributed by atoms with E-state index >= 15 is 0 Å². The molecular formula is C19H20ClN3. The second-order valence-electron chi connectivity index (χ2n) is 5.84. The van der Waals surface area contributed by atoms with Crippen LogP contribution in [0, 0.1) is 0 Å². The van der Waals surface area contributed by atoms with Crippen LogP contribution in [0.1, 0.15) is 19.8 Å². The number of benzene rings is 2. The van der Waals surface area contributed by atoms with Gasteiger partial charge >= 0.3 is 0 Å². The number of nitrogens with two attached hydrogens (primary N) is 1. The van der Waals surface area contributed by atoms with Crippen molar-refractivity contribution < 1.29 is 17.0 Å². The number of fused-ring (bicyclic) bond motifs is 5. The Bertz CT molecular complexity index is 988. The number of rotatable bonds is 3. The van der Waals surface area contributed by atoms with E-state index in [1.54, 1.807) is 0 Å². The van der Waals surface area contributed by atoms with E-state index < -0.39 is 0 Å². The number of para-hydroxylation sites is 2. The minimum atomic E-state index is 0. The molecule has 0 unspecified atom stereocenters. The van der Waals surface area contributed by atoms with Crippen LogP contribution in [0.5, 0.6) is 0 Å². The molecule has 4 aromatic rings. The molecule has 4 rings (SSSR count). The second-order valence-corrected chi connectivity index (χ2v) is 5.84. The summed E-state index contributed by atoms with van der Waals surface area (Å²) in [4.78, 5) is 0. The van der Waals surface area contributed by atoms with Gasteiger partial charge in [0.25, 0.3) is 5.65 Å². The van der Waals surface area contributed by atoms with E-state index in [0.29, 0.717) is 0 Å². The summed E-state index contributed by atoms with van der Waals surface area (Å²) >= 11 is 0. The topological polar surface area (TPSA) is 34.3 Å². The lowest BCUT2D eigenvalue weighted by atomic mass is 10.2. The van der Waals surface area contributed by atoms with Crippen LogP contribution in [0.15, 0.2) is 54.6 Å². The Morgan fingerprint density at radius 1 is 1.00 bits per heavy atom. The van der Waals surface area contributed by atoms with Crippen LogP contribution in [-0.2, 0) is 6.54 Å². The molecule has 0 bridgehead atoms. The lowest BCUT2D eigenvalue weighted by Gasteiger charge is -2.00. The molecule has 23 heavy (non-hydrogen) atoms. The smallest absolute Gasteiger partial charge is 0.287 e. The zero-order chi connectivity index (χ0) is 15.1. The lowest BCUT2D eigenvalue weighted by molar-refractivity contribution is -0.646. The van der Waals surface area contributed by atoms with Crippen LogP contribution in [0.4, 0.5) is 5.69 Å². The van der Waals surface area contributed by atoms with Crippen molar-refractivity contribution in [3.8, 4) is 0 Å². The molecule has 0 aliphatic rings. The average Bonchev–Trinajstić information content (AvgIpc) is 2.86. The molecule has 118 valence electrons. The summed E-state index contributed by atoms with van der Waals surface area (Å²) in [6, 6.07) is 19.1. The van der Waals surface area contributed by atoms with E-state index in [-0.39, 0.29) is 12.4 Å². The number of aryl methyl sites for hydroxylation is 1. The van der Waals surface area contributed by atoms with E-state index in [0.717, 1.165) is 12.2 Å². The van der Waals surface area contributed by atoms with Crippen LogP contribution in [0.25, 0.3) is 27.6 Å². The van der Waals surface area contributed by atoms with Gasteiger partial charge in [-0.25, -0.2) is 4.57 Å². The van der Waals surface area contributed by atoms with Gasteiger partial charge in [0.1, 0.15) is 5.52 Å². The number of anilines is 1. The van der Waals surface area contributed by atoms with Crippen LogP contribution >= 0.6 is 0 Å². The van der Waals surface area contributed by atoms with E-state index in [4.69, 9.17) is 5.73 Å². The Hall–Kier alpha value is -2.26. The molecule has 2 N–H and O–H groups in total. The van der Waals surface area contributed by atoms with Gasteiger partial charge in [0, 0.05) is 17.1 Å². The van der Waals surface area contributed by atoms with Crippen LogP contribution in [-0.4, -0.2) is 4.40 Å². The number of imidazole rings is 1. The molecule has 0 spiro atoms. The largest absolute Gasteiger partial charge is 1.00 e. The van der Waals surface area contributed by atoms with Crippen molar-refractivity contribution in [2.24, 2.45) is 0 Å². The van der Waals surface area contributed by atoms with Crippen molar-refractivity contribution in [1.29, 1.82) is 0 Å². The maximum atomic E-state index is 5.94. The number of aromatic nitrogens is 2. The van der Waals surface area contributed by atoms with E-state index in [1.165, 1.54) is 40.4 Å². The monoisotopic (exact) mass is 325 g/mol. The Kier molecular flexibility index (Phi) is 4.14. The fourth-order valence-electron chi connectivity index (χ4n) is 3.29. The van der Waals surface area contributed by atoms with Crippen molar-refractivity contribution in [1.82, 2.24) is 4.40 Å². The van der Waals surface area contributed by atoms with E-state index in [1.807, 2.05) is 12.1 Å². The maximum absolute atomic E-state index is 5.94. The van der Waals surface area contributed by atoms with Gasteiger partial charge in [-0.2, -0.15) is 4.40 Å². The number of unbranched alkanes of at least 4 members (excludes halogenated alkanes) is 1. The molecule has 0 radical (unpaired) electrons. The number of halogens is 1. The van der Waals surface area contributed by atoms with Gasteiger partial charge in [-0.15, -0.1) is 0 Å². The molecule has 4 heteroatoms. The highest BCUT2D eigenvalue weighted by Crippen LogP contribution is 2.23. The third-order valence-electron chi connectivity index (χ3n) is 4.36. The normalized spacial score (nSPS) is 11.2. The first kappa shape index (κ1) is 15.6. The Morgan fingerprint density at radius 3 is 2.65 bits per heavy atom. The summed E-state index contributed by atoms with van der Waals surface area (Å²) in [6.07, 6.45) is 2.39. The van der Waals surface area contributed by atoms with E-state index in [2.05, 4.69) is 58.4 Å². The maximum Gasteiger partial charge on any atom is 0.287 e. The Morgan fingerprint density at radius 2 is 1.83 bits per heavy atom. The molecule has 0 saturated carbocycles. The van der Waals surface area contributed by atoms with Gasteiger partial charge in [-0.1, -0.05) is 25.5 Å². The van der Waals surface area contributed by atoms with Gasteiger partial charge in [0.2, 0.25) is 0 Å². The molecule has 3 nitrogen and oxygen atoms in total. The van der Waals surface area contributed by atoms with Crippen LogP contribution < -0.4 is 22.7 Å². The fraction of sp³-hybridized carbons (Fsp3) is 0.211. The molecule has 2 aromatic carbocycles. The predicted octanol–water partition coefficient (Wildman–Crippen LogP) is 0.919. The zero-order valence-corrected chi connectivity index (χ0v) is 13.9. The minimum Gasteiger partial charge on any atom is -1.00 e. The SMILES string of the molecule is CCCC[n+]1c2ccccc2n2c3ccc(N)cc3ccc21.[Cl-]. The second kappa shape index (κ2) is 6.09. The molecule has 0 fully saturated rings. The molecule has 0 amide bonds. The van der Waals surface area contributed by atoms with Gasteiger partial charge in [-0.3, -0.25) is 0 Å². The number of hydrogen-bond donors (Lipinski definition) is 1. The quantitative estimate of drug-likeness (QED) is 0.441. The predicted molar refractivity (Wildman–Crippen MR) is 91.9 cm³/mol. The summed E-state index contributed by atoms with van der Waals surface area (Å²) in [6.45, 7) is 3.28. The van der Waals surface area contributed by atoms with Gasteiger partial charge in [-0.05, 0) is 42.8 Å². The Balaban J connectivity index is 0.00000156. The first-order valence-corrected chi connectivity index (χ1v) is 7.91. The van der Waals surface area contributed by atoms with Crippen LogP contribution in [0.3, 0.4) is 0 Å². The summed E-state index contributed by atoms with van der Waals surface area (Å²) in [7, 11) is 0. The molecule has 0 aliphatic heterocycles. The van der Waals surface area contributed by atoms with Crippen molar-refractivity contribution in [2.45, 2.75) is 26.3 Å². The average molecular weight is 326 g/mol. The molecule has 0 atom stereocenters. The van der Waals surface area contributed by atoms with E-state index in [9.17, 15) is 0 Å². The van der Waals surface area contributed by atoms with Gasteiger partial charge in [0.15, 0.2) is 11.0 Å². The van der Waals surface area contributed by atoms with Gasteiger partial charge < -0.3 is 18.1 Å². The highest BCUT2D eigenvalue weighted by atomic mass is 35.5. The van der Waals surface area contributed by atoms with Gasteiger partial charge in [0.05, 0.1) is 6.54 Å². The van der Waals surface area contributed by atoms with Crippen LogP contribution in [0.2, 0.25) is 0 Å². The molecule has 0 aliphatic carbocycles. The third-order valence-corrected chi connectivity index (χ3v) is 4.36. The van der Waals surface area contributed by atoms with Crippen molar-refractivity contribution in [2.75, 3.05) is 5.73 Å². The molecular weight excluding hydrogens is 306 g/mol. The lowest BCUT2D eigenvalue weighted by Crippen LogP contribution is -3.00. The number of nitrogens with zero attached hydrogens (tertiary/aromatic N) is 2. The first-order valence-electron chi connectivity index (χ1n) is 7.91. The standard InChI is InChI=1S/C19H20N3.ClH/c1-2-3-12-21-17-6-4-5-7-18(17)22-16-10-9-15(20)13-14(16)8-11-19(21)22;/h4-11,13H,2-3,12,20H2,1H3;1H/q+1;/p-1. The highest BCUT2D eigenvalue weighted by Gasteiger charge is 2.20. The summed E-state index contributed by atoms with van der Waals surface area (Å²) < 4.78 is 4.77. The summed E-state index contributed by atoms with van der Waals surface area (Å²) in [5.74, 6) is 0. The number of pyridine rings is 1. The fourth-order valence-corrected chi connectivity index (χ4v) is 3.29. The Labute approximate surface area is 141 Å². The number of nitrogen functional groups attached to an aromatic ring is 1. The first-order chi connectivity index (χ1) is 10.8. The highest BCUT2D eigenvalue weighted by molar-refractivity contribution is 5.89. The van der Waals surface area contributed by atoms with Crippen molar-refractivity contribution >= 4 is 33.3 Å². The summed E-state index contributed by atoms with van der Waals surface area (Å²) in [5.41, 5.74) is 11.7. The summed E-state index contributed by atoms with van der Waals surface area (Å²) in [5, 5.41) is 1.18.